The Balaban J connectivity index is 2.57. The Labute approximate surface area is 137 Å². The van der Waals surface area contributed by atoms with Gasteiger partial charge >= 0.3 is 5.97 Å². The maximum atomic E-state index is 11.8. The van der Waals surface area contributed by atoms with Gasteiger partial charge in [-0.2, -0.15) is 0 Å². The summed E-state index contributed by atoms with van der Waals surface area (Å²) in [5.74, 6) is -0.643. The number of rotatable bonds is 6. The largest absolute Gasteiger partial charge is 0.482 e. The zero-order valence-electron chi connectivity index (χ0n) is 11.5. The van der Waals surface area contributed by atoms with Crippen LogP contribution in [-0.4, -0.2) is 43.6 Å². The highest BCUT2D eigenvalue weighted by molar-refractivity contribution is 6.43. The van der Waals surface area contributed by atoms with Crippen molar-refractivity contribution in [3.8, 4) is 5.75 Å². The Kier molecular flexibility index (Phi) is 7.08. The molecule has 0 heterocycles. The highest BCUT2D eigenvalue weighted by Gasteiger charge is 2.15. The predicted octanol–water partition coefficient (Wildman–Crippen LogP) is 3.05. The second kappa shape index (κ2) is 8.32. The lowest BCUT2D eigenvalue weighted by molar-refractivity contribution is -0.148. The van der Waals surface area contributed by atoms with Gasteiger partial charge < -0.3 is 14.4 Å². The fraction of sp³-hybridized carbons (Fsp3) is 0.385. The lowest BCUT2D eigenvalue weighted by Gasteiger charge is -2.16. The van der Waals surface area contributed by atoms with Crippen molar-refractivity contribution >= 4 is 46.7 Å². The van der Waals surface area contributed by atoms with Crippen LogP contribution in [0.3, 0.4) is 0 Å². The highest BCUT2D eigenvalue weighted by atomic mass is 35.5. The van der Waals surface area contributed by atoms with Gasteiger partial charge in [-0.15, -0.1) is 0 Å². The van der Waals surface area contributed by atoms with Crippen LogP contribution in [-0.2, 0) is 14.3 Å². The minimum Gasteiger partial charge on any atom is -0.482 e. The molecule has 21 heavy (non-hydrogen) atoms. The molecule has 0 fully saturated rings. The quantitative estimate of drug-likeness (QED) is 0.582. The summed E-state index contributed by atoms with van der Waals surface area (Å²) in [5, 5.41) is 0.799. The number of amides is 1. The number of hydrogen-bond acceptors (Lipinski definition) is 4. The molecule has 5 nitrogen and oxygen atoms in total. The van der Waals surface area contributed by atoms with Gasteiger partial charge in [-0.05, 0) is 13.0 Å². The monoisotopic (exact) mass is 353 g/mol. The lowest BCUT2D eigenvalue weighted by atomic mass is 10.3. The van der Waals surface area contributed by atoms with Gasteiger partial charge in [0.2, 0.25) is 0 Å². The number of likely N-dealkylation sites (N-methyl/N-ethyl adjacent to an activating group) is 1. The van der Waals surface area contributed by atoms with Crippen molar-refractivity contribution in [2.24, 2.45) is 0 Å². The molecule has 0 saturated heterocycles. The van der Waals surface area contributed by atoms with Crippen molar-refractivity contribution in [2.45, 2.75) is 6.92 Å². The van der Waals surface area contributed by atoms with Gasteiger partial charge in [-0.1, -0.05) is 34.8 Å². The smallest absolute Gasteiger partial charge is 0.325 e. The van der Waals surface area contributed by atoms with Crippen LogP contribution in [0.5, 0.6) is 5.75 Å². The van der Waals surface area contributed by atoms with Crippen LogP contribution in [0.4, 0.5) is 0 Å². The molecule has 0 aliphatic rings. The number of hydrogen-bond donors (Lipinski definition) is 0. The third-order valence-electron chi connectivity index (χ3n) is 2.42. The van der Waals surface area contributed by atoms with Crippen LogP contribution in [0.1, 0.15) is 6.92 Å². The number of benzene rings is 1. The van der Waals surface area contributed by atoms with E-state index in [0.717, 1.165) is 0 Å². The van der Waals surface area contributed by atoms with Crippen molar-refractivity contribution in [2.75, 3.05) is 26.8 Å². The van der Waals surface area contributed by atoms with E-state index in [4.69, 9.17) is 44.3 Å². The Morgan fingerprint density at radius 1 is 1.14 bits per heavy atom. The second-order valence-corrected chi connectivity index (χ2v) is 5.26. The molecule has 0 N–H and O–H groups in total. The topological polar surface area (TPSA) is 55.8 Å². The number of ether oxygens (including phenoxy) is 2. The minimum atomic E-state index is -0.485. The maximum Gasteiger partial charge on any atom is 0.325 e. The Bertz CT molecular complexity index is 536. The summed E-state index contributed by atoms with van der Waals surface area (Å²) in [6.45, 7) is 1.52. The molecule has 0 unspecified atom stereocenters. The summed E-state index contributed by atoms with van der Waals surface area (Å²) in [6, 6.07) is 2.85. The zero-order valence-corrected chi connectivity index (χ0v) is 13.8. The van der Waals surface area contributed by atoms with E-state index in [-0.39, 0.29) is 35.6 Å². The SMILES string of the molecule is CCOC(=O)CN(C)C(=O)COc1cc(Cl)c(Cl)cc1Cl. The van der Waals surface area contributed by atoms with E-state index in [1.165, 1.54) is 24.1 Å². The molecule has 0 saturated carbocycles. The Morgan fingerprint density at radius 2 is 1.76 bits per heavy atom. The van der Waals surface area contributed by atoms with E-state index in [9.17, 15) is 9.59 Å². The van der Waals surface area contributed by atoms with Crippen LogP contribution in [0.25, 0.3) is 0 Å². The third kappa shape index (κ3) is 5.61. The molecule has 8 heteroatoms. The number of carbonyl (C=O) groups excluding carboxylic acids is 2. The molecule has 0 spiro atoms. The third-order valence-corrected chi connectivity index (χ3v) is 3.44. The summed E-state index contributed by atoms with van der Waals surface area (Å²) in [6.07, 6.45) is 0. The van der Waals surface area contributed by atoms with Crippen molar-refractivity contribution < 1.29 is 19.1 Å². The first-order valence-electron chi connectivity index (χ1n) is 6.02. The van der Waals surface area contributed by atoms with Crippen LogP contribution in [0.2, 0.25) is 15.1 Å². The molecule has 1 rings (SSSR count). The summed E-state index contributed by atoms with van der Waals surface area (Å²) in [5.41, 5.74) is 0. The van der Waals surface area contributed by atoms with E-state index >= 15 is 0 Å². The molecule has 0 aromatic heterocycles. The van der Waals surface area contributed by atoms with Crippen LogP contribution in [0.15, 0.2) is 12.1 Å². The number of esters is 1. The van der Waals surface area contributed by atoms with Gasteiger partial charge in [0.15, 0.2) is 6.61 Å². The van der Waals surface area contributed by atoms with E-state index in [0.29, 0.717) is 5.02 Å². The van der Waals surface area contributed by atoms with E-state index in [1.54, 1.807) is 6.92 Å². The first-order chi connectivity index (χ1) is 9.85. The fourth-order valence-electron chi connectivity index (χ4n) is 1.35. The Morgan fingerprint density at radius 3 is 2.38 bits per heavy atom. The van der Waals surface area contributed by atoms with Crippen molar-refractivity contribution in [1.29, 1.82) is 0 Å². The van der Waals surface area contributed by atoms with Crippen molar-refractivity contribution in [1.82, 2.24) is 4.90 Å². The molecule has 0 aliphatic heterocycles. The standard InChI is InChI=1S/C13H14Cl3NO4/c1-3-20-13(19)6-17(2)12(18)7-21-11-5-9(15)8(14)4-10(11)16/h4-5H,3,6-7H2,1-2H3. The molecule has 0 aliphatic carbocycles. The molecule has 0 radical (unpaired) electrons. The first kappa shape index (κ1) is 17.9. The fourth-order valence-corrected chi connectivity index (χ4v) is 1.94. The molecule has 1 amide bonds. The van der Waals surface area contributed by atoms with Gasteiger partial charge in [-0.25, -0.2) is 0 Å². The van der Waals surface area contributed by atoms with Crippen LogP contribution < -0.4 is 4.74 Å². The summed E-state index contributed by atoms with van der Waals surface area (Å²) in [7, 11) is 1.47. The van der Waals surface area contributed by atoms with E-state index < -0.39 is 11.9 Å². The molecule has 116 valence electrons. The van der Waals surface area contributed by atoms with Crippen LogP contribution >= 0.6 is 34.8 Å². The molecule has 1 aromatic rings. The minimum absolute atomic E-state index is 0.148. The lowest BCUT2D eigenvalue weighted by Crippen LogP contribution is -2.36. The summed E-state index contributed by atoms with van der Waals surface area (Å²) >= 11 is 17.6. The van der Waals surface area contributed by atoms with Gasteiger partial charge in [0.05, 0.1) is 21.7 Å². The van der Waals surface area contributed by atoms with Gasteiger partial charge in [0.25, 0.3) is 5.91 Å². The zero-order chi connectivity index (χ0) is 16.0. The molecule has 1 aromatic carbocycles. The van der Waals surface area contributed by atoms with E-state index in [2.05, 4.69) is 0 Å². The van der Waals surface area contributed by atoms with Gasteiger partial charge in [-0.3, -0.25) is 9.59 Å². The highest BCUT2D eigenvalue weighted by Crippen LogP contribution is 2.33. The van der Waals surface area contributed by atoms with E-state index in [1.807, 2.05) is 0 Å². The number of carbonyl (C=O) groups is 2. The predicted molar refractivity (Wildman–Crippen MR) is 81.2 cm³/mol. The van der Waals surface area contributed by atoms with Crippen LogP contribution in [0, 0.1) is 0 Å². The first-order valence-corrected chi connectivity index (χ1v) is 7.15. The summed E-state index contributed by atoms with van der Waals surface area (Å²) in [4.78, 5) is 24.3. The summed E-state index contributed by atoms with van der Waals surface area (Å²) < 4.78 is 10.0. The second-order valence-electron chi connectivity index (χ2n) is 4.04. The Hall–Kier alpha value is -1.17. The average Bonchev–Trinajstić information content (AvgIpc) is 2.41. The van der Waals surface area contributed by atoms with Gasteiger partial charge in [0, 0.05) is 13.1 Å². The van der Waals surface area contributed by atoms with Crippen molar-refractivity contribution in [3.05, 3.63) is 27.2 Å². The maximum absolute atomic E-state index is 11.8. The van der Waals surface area contributed by atoms with Gasteiger partial charge in [0.1, 0.15) is 12.3 Å². The molecular formula is C13H14Cl3NO4. The normalized spacial score (nSPS) is 10.1. The molecule has 0 bridgehead atoms. The van der Waals surface area contributed by atoms with Crippen molar-refractivity contribution in [3.63, 3.8) is 0 Å². The number of halogens is 3. The molecular weight excluding hydrogens is 341 g/mol. The average molecular weight is 355 g/mol. The number of nitrogens with zero attached hydrogens (tertiary/aromatic N) is 1. The molecule has 0 atom stereocenters.